The molecule has 2 saturated carbocycles. The van der Waals surface area contributed by atoms with Crippen LogP contribution in [0, 0.1) is 85.5 Å². The molecule has 34 nitrogen and oxygen atoms in total. The quantitative estimate of drug-likeness (QED) is 0.0155. The van der Waals surface area contributed by atoms with Crippen LogP contribution in [0.15, 0.2) is 96.6 Å². The van der Waals surface area contributed by atoms with E-state index in [2.05, 4.69) is 120 Å². The van der Waals surface area contributed by atoms with Gasteiger partial charge in [-0.05, 0) is 177 Å². The van der Waals surface area contributed by atoms with Gasteiger partial charge in [0.05, 0.1) is 67.1 Å². The van der Waals surface area contributed by atoms with Crippen LogP contribution >= 0.6 is 76.1 Å². The molecule has 2 amide bonds. The number of aliphatic hydroxyl groups excluding tert-OH is 1. The number of carbonyl (C=O) groups excluding carboxylic acids is 6. The van der Waals surface area contributed by atoms with E-state index in [4.69, 9.17) is 69.9 Å². The smallest absolute Gasteiger partial charge is 0.410 e. The van der Waals surface area contributed by atoms with Crippen LogP contribution in [0.5, 0.6) is 5.75 Å². The highest BCUT2D eigenvalue weighted by Gasteiger charge is 2.36. The van der Waals surface area contributed by atoms with Gasteiger partial charge in [-0.2, -0.15) is 21.0 Å². The van der Waals surface area contributed by atoms with Crippen LogP contribution in [0.4, 0.5) is 15.4 Å². The second-order valence-corrected chi connectivity index (χ2v) is 27.1. The lowest BCUT2D eigenvalue weighted by molar-refractivity contribution is -0.148. The lowest BCUT2D eigenvalue weighted by Gasteiger charge is -2.23. The van der Waals surface area contributed by atoms with Crippen molar-refractivity contribution in [2.75, 3.05) is 27.3 Å². The summed E-state index contributed by atoms with van der Waals surface area (Å²) in [6.45, 7) is 18.4. The first-order chi connectivity index (χ1) is 53.2. The number of carbonyl (C=O) groups is 6. The SMILES string of the molecule is CCOC(=O)c1c(C)noc1-c1ccc(Br)c(C#N)n1.Cc1noc(-c2ccc(Br)c(C#N)n2)c1CO.Cc1noc(-c2ccc(Br)c(C#N)n2)c1COC(=O)N(C)C1CCCC1.Cc1noc(-c2ccc(O)c(C#N)n2)c1COC(=O)N(C)C1CCCC1.Cl.NO.[C-]#[N+]c1nc(C(=O)C(C(C)=O)C(=O)OCC)ccc1Br. The zero-order valence-electron chi connectivity index (χ0n) is 61.4. The number of hydrogen-bond acceptors (Lipinski definition) is 31. The van der Waals surface area contributed by atoms with E-state index >= 15 is 0 Å². The summed E-state index contributed by atoms with van der Waals surface area (Å²) in [5.74, 6) is 0.236. The standard InChI is InChI=1S/C18H19BrN4O3.C18H20N4O4.C13H10BrN3O3.C13H11BrN2O4.C11H8BrN3O2.ClH.H3NO/c1-11-13(10-25-18(24)23(2)12-5-3-4-6-12)17(26-22-11)15-8-7-14(19)16(9-20)21-15;1-11-13(10-25-18(24)22(2)12-5-3-4-6-12)17(26-21-11)14-7-8-16(23)15(9-19)20-14;1-3-19-13(18)11-7(2)17-20-12(11)9-5-4-8(14)10(6-15)16-9;1-4-20-13(19)10(7(2)17)11(18)9-6-5-8(14)12(15-3)16-9;1-6-7(5-16)11(17-15-6)9-3-2-8(12)10(4-13)14-9;;1-2/h7-8,12H,3-6,10H2,1-2H3;7-8,12,23H,3-6,10H2,1-2H3;4-5H,3H2,1-2H3;5-6,10H,4H2,1-2H3;2-3,16H,5H2,1H3;1H;2H,1H2. The fraction of sp³-hybridized carbons (Fsp3) is 0.342. The number of aromatic nitrogens is 9. The average molecular weight is 1810 g/mol. The number of nitrogens with zero attached hydrogens (tertiary/aromatic N) is 16. The molecule has 5 N–H and O–H groups in total. The highest BCUT2D eigenvalue weighted by molar-refractivity contribution is 9.11. The fourth-order valence-corrected chi connectivity index (χ4v) is 12.0. The maximum Gasteiger partial charge on any atom is 0.410 e. The third-order valence-electron chi connectivity index (χ3n) is 16.6. The second-order valence-electron chi connectivity index (χ2n) is 23.7. The molecule has 9 heterocycles. The molecule has 1 unspecified atom stereocenters. The first kappa shape index (κ1) is 91.4. The Labute approximate surface area is 680 Å². The Hall–Kier alpha value is -11.2. The van der Waals surface area contributed by atoms with E-state index in [9.17, 15) is 39.0 Å². The number of ether oxygens (including phenoxy) is 4. The zero-order valence-corrected chi connectivity index (χ0v) is 68.6. The van der Waals surface area contributed by atoms with E-state index in [0.717, 1.165) is 58.3 Å². The average Bonchev–Trinajstić information content (AvgIpc) is 1.59. The number of amides is 2. The van der Waals surface area contributed by atoms with Crippen LogP contribution in [-0.4, -0.2) is 146 Å². The highest BCUT2D eigenvalue weighted by atomic mass is 79.9. The van der Waals surface area contributed by atoms with E-state index in [1.54, 1.807) is 102 Å². The van der Waals surface area contributed by atoms with E-state index in [1.807, 2.05) is 24.3 Å². The van der Waals surface area contributed by atoms with Gasteiger partial charge in [0.15, 0.2) is 69.0 Å². The van der Waals surface area contributed by atoms with E-state index in [-0.39, 0.29) is 121 Å². The van der Waals surface area contributed by atoms with Gasteiger partial charge in [0, 0.05) is 36.2 Å². The number of hydrogen-bond donors (Lipinski definition) is 4. The van der Waals surface area contributed by atoms with Gasteiger partial charge in [0.1, 0.15) is 65.8 Å². The molecule has 39 heteroatoms. The summed E-state index contributed by atoms with van der Waals surface area (Å²) < 4.78 is 43.7. The summed E-state index contributed by atoms with van der Waals surface area (Å²) in [5.41, 5.74) is 6.42. The molecule has 9 aromatic heterocycles. The van der Waals surface area contributed by atoms with E-state index < -0.39 is 29.4 Å². The summed E-state index contributed by atoms with van der Waals surface area (Å²) in [7, 11) is 3.52. The Morgan fingerprint density at radius 3 is 1.31 bits per heavy atom. The van der Waals surface area contributed by atoms with Gasteiger partial charge >= 0.3 is 24.1 Å². The van der Waals surface area contributed by atoms with Crippen molar-refractivity contribution in [2.24, 2.45) is 11.8 Å². The zero-order chi connectivity index (χ0) is 81.8. The number of halogens is 5. The summed E-state index contributed by atoms with van der Waals surface area (Å²) in [6, 6.07) is 24.1. The normalized spacial score (nSPS) is 12.0. The molecular weight excluding hydrogens is 1740 g/mol. The van der Waals surface area contributed by atoms with E-state index in [1.165, 1.54) is 24.3 Å². The summed E-state index contributed by atoms with van der Waals surface area (Å²) in [4.78, 5) is 98.7. The maximum atomic E-state index is 12.3. The number of aryl methyl sites for hydroxylation is 4. The number of rotatable bonds is 18. The van der Waals surface area contributed by atoms with Gasteiger partial charge in [0.2, 0.25) is 5.78 Å². The van der Waals surface area contributed by atoms with Gasteiger partial charge in [-0.1, -0.05) is 74.9 Å². The van der Waals surface area contributed by atoms with Crippen LogP contribution in [0.25, 0.3) is 50.7 Å². The first-order valence-electron chi connectivity index (χ1n) is 33.4. The Morgan fingerprint density at radius 2 is 0.920 bits per heavy atom. The molecule has 0 bridgehead atoms. The molecule has 11 rings (SSSR count). The first-order valence-corrected chi connectivity index (χ1v) is 36.6. The van der Waals surface area contributed by atoms with Crippen molar-refractivity contribution in [1.82, 2.24) is 55.3 Å². The molecule has 0 radical (unpaired) electrons. The lowest BCUT2D eigenvalue weighted by Crippen LogP contribution is -2.35. The number of aromatic hydroxyl groups is 1. The van der Waals surface area contributed by atoms with Crippen LogP contribution in [0.2, 0.25) is 0 Å². The molecule has 0 aromatic carbocycles. The Bertz CT molecular complexity index is 4920. The van der Waals surface area contributed by atoms with Crippen LogP contribution in [-0.2, 0) is 48.4 Å². The highest BCUT2D eigenvalue weighted by Crippen LogP contribution is 2.34. The van der Waals surface area contributed by atoms with Gasteiger partial charge in [-0.3, -0.25) is 14.4 Å². The minimum Gasteiger partial charge on any atom is -0.505 e. The van der Waals surface area contributed by atoms with Crippen LogP contribution in [0.1, 0.15) is 155 Å². The molecular formula is C73H72Br4ClN17O17. The number of nitriles is 4. The Morgan fingerprint density at radius 1 is 0.554 bits per heavy atom. The molecule has 0 spiro atoms. The molecule has 112 heavy (non-hydrogen) atoms. The summed E-state index contributed by atoms with van der Waals surface area (Å²) >= 11 is 12.8. The largest absolute Gasteiger partial charge is 0.505 e. The lowest BCUT2D eigenvalue weighted by atomic mass is 9.97. The molecule has 0 saturated heterocycles. The van der Waals surface area contributed by atoms with Crippen molar-refractivity contribution in [2.45, 2.75) is 132 Å². The number of aliphatic hydroxyl groups is 1. The van der Waals surface area contributed by atoms with Gasteiger partial charge in [-0.25, -0.2) is 40.2 Å². The van der Waals surface area contributed by atoms with Crippen molar-refractivity contribution in [1.29, 1.82) is 21.0 Å². The number of nitrogens with two attached hydrogens (primary N) is 1. The molecule has 0 aliphatic heterocycles. The summed E-state index contributed by atoms with van der Waals surface area (Å²) in [6.07, 6.45) is 7.84. The number of esters is 2. The number of Topliss-reactive ketones (excluding diaryl/α,β-unsaturated/α-hetero) is 2. The predicted octanol–water partition coefficient (Wildman–Crippen LogP) is 14.5. The fourth-order valence-electron chi connectivity index (χ4n) is 10.7. The maximum absolute atomic E-state index is 12.3. The monoisotopic (exact) mass is 1810 g/mol. The molecule has 2 fully saturated rings. The minimum atomic E-state index is -1.54. The Kier molecular flexibility index (Phi) is 36.3. The minimum absolute atomic E-state index is 0. The van der Waals surface area contributed by atoms with Crippen molar-refractivity contribution in [3.05, 3.63) is 163 Å². The topological polar surface area (TPSA) is 501 Å². The van der Waals surface area contributed by atoms with Crippen LogP contribution < -0.4 is 5.90 Å². The molecule has 9 aromatic rings. The Balaban J connectivity index is 0.000000250. The molecule has 1 atom stereocenters. The van der Waals surface area contributed by atoms with Crippen LogP contribution in [0.3, 0.4) is 0 Å². The van der Waals surface area contributed by atoms with E-state index in [0.29, 0.717) is 97.4 Å². The predicted molar refractivity (Wildman–Crippen MR) is 410 cm³/mol. The van der Waals surface area contributed by atoms with Crippen molar-refractivity contribution < 1.29 is 81.2 Å². The number of pyridine rings is 5. The van der Waals surface area contributed by atoms with Crippen molar-refractivity contribution in [3.8, 4) is 75.8 Å². The molecule has 2 aliphatic carbocycles. The van der Waals surface area contributed by atoms with Crippen molar-refractivity contribution >= 4 is 118 Å². The molecule has 2 aliphatic rings. The number of ketones is 2. The third-order valence-corrected chi connectivity index (χ3v) is 19.1. The molecule has 586 valence electrons. The van der Waals surface area contributed by atoms with Gasteiger partial charge in [-0.15, -0.1) is 17.4 Å². The van der Waals surface area contributed by atoms with Crippen molar-refractivity contribution in [3.63, 3.8) is 0 Å². The summed E-state index contributed by atoms with van der Waals surface area (Å²) in [5, 5.41) is 76.7. The second kappa shape index (κ2) is 44.6. The van der Waals surface area contributed by atoms with Gasteiger partial charge in [0.25, 0.3) is 5.82 Å². The van der Waals surface area contributed by atoms with Gasteiger partial charge < -0.3 is 67.1 Å². The third kappa shape index (κ3) is 23.6.